The predicted molar refractivity (Wildman–Crippen MR) is 82.8 cm³/mol. The summed E-state index contributed by atoms with van der Waals surface area (Å²) in [6, 6.07) is 0. The quantitative estimate of drug-likeness (QED) is 0.454. The van der Waals surface area contributed by atoms with E-state index in [0.29, 0.717) is 6.42 Å². The number of rotatable bonds is 5. The highest BCUT2D eigenvalue weighted by Crippen LogP contribution is 2.31. The number of hydrogen-bond acceptors (Lipinski definition) is 8. The van der Waals surface area contributed by atoms with Crippen LogP contribution in [0.1, 0.15) is 24.3 Å². The molecule has 1 aliphatic heterocycles. The minimum Gasteiger partial charge on any atom is -0.394 e. The molecule has 136 valence electrons. The first-order valence-electron chi connectivity index (χ1n) is 7.79. The number of aliphatic hydroxyl groups is 3. The van der Waals surface area contributed by atoms with Gasteiger partial charge in [0, 0.05) is 6.20 Å². The summed E-state index contributed by atoms with van der Waals surface area (Å²) in [7, 11) is 0. The molecule has 0 saturated carbocycles. The third kappa shape index (κ3) is 3.26. The summed E-state index contributed by atoms with van der Waals surface area (Å²) in [6.07, 6.45) is -1.31. The molecule has 1 fully saturated rings. The van der Waals surface area contributed by atoms with Gasteiger partial charge in [0.25, 0.3) is 5.56 Å². The normalized spacial score (nSPS) is 26.2. The van der Waals surface area contributed by atoms with Crippen LogP contribution in [0, 0.1) is 0 Å². The highest BCUT2D eigenvalue weighted by atomic mass is 16.6. The molecule has 0 spiro atoms. The third-order valence-electron chi connectivity index (χ3n) is 4.13. The lowest BCUT2D eigenvalue weighted by Gasteiger charge is -2.15. The smallest absolute Gasteiger partial charge is 0.329 e. The molecule has 1 aliphatic rings. The fourth-order valence-electron chi connectivity index (χ4n) is 2.72. The van der Waals surface area contributed by atoms with E-state index in [1.807, 2.05) is 6.92 Å². The van der Waals surface area contributed by atoms with Gasteiger partial charge in [-0.05, 0) is 6.42 Å². The molecule has 0 bridgehead atoms. The SMILES string of the molecule is CCc1cn(Cn2cc(C3OC(CO)C(O)C3O)c(=O)[nH]c2=O)nn1. The van der Waals surface area contributed by atoms with E-state index in [-0.39, 0.29) is 12.2 Å². The molecule has 3 heterocycles. The Balaban J connectivity index is 1.93. The van der Waals surface area contributed by atoms with E-state index in [1.54, 1.807) is 6.20 Å². The van der Waals surface area contributed by atoms with Gasteiger partial charge in [-0.3, -0.25) is 14.3 Å². The van der Waals surface area contributed by atoms with Crippen LogP contribution in [-0.4, -0.2) is 64.8 Å². The van der Waals surface area contributed by atoms with Gasteiger partial charge in [-0.1, -0.05) is 12.1 Å². The van der Waals surface area contributed by atoms with Gasteiger partial charge >= 0.3 is 5.69 Å². The average Bonchev–Trinajstić information content (AvgIpc) is 3.16. The van der Waals surface area contributed by atoms with E-state index < -0.39 is 42.3 Å². The van der Waals surface area contributed by atoms with E-state index in [4.69, 9.17) is 9.84 Å². The van der Waals surface area contributed by atoms with Crippen molar-refractivity contribution in [2.75, 3.05) is 6.61 Å². The van der Waals surface area contributed by atoms with Crippen molar-refractivity contribution in [2.24, 2.45) is 0 Å². The number of aromatic nitrogens is 5. The summed E-state index contributed by atoms with van der Waals surface area (Å²) in [5.74, 6) is 0. The maximum Gasteiger partial charge on any atom is 0.329 e. The second-order valence-electron chi connectivity index (χ2n) is 5.82. The second-order valence-corrected chi connectivity index (χ2v) is 5.82. The second kappa shape index (κ2) is 6.88. The molecule has 11 nitrogen and oxygen atoms in total. The van der Waals surface area contributed by atoms with Crippen LogP contribution < -0.4 is 11.2 Å². The summed E-state index contributed by atoms with van der Waals surface area (Å²) in [4.78, 5) is 26.2. The first kappa shape index (κ1) is 17.5. The lowest BCUT2D eigenvalue weighted by Crippen LogP contribution is -2.36. The van der Waals surface area contributed by atoms with E-state index in [1.165, 1.54) is 15.4 Å². The Hall–Kier alpha value is -2.34. The van der Waals surface area contributed by atoms with Crippen LogP contribution >= 0.6 is 0 Å². The number of aryl methyl sites for hydroxylation is 1. The first-order valence-corrected chi connectivity index (χ1v) is 7.79. The van der Waals surface area contributed by atoms with Crippen molar-refractivity contribution in [1.29, 1.82) is 0 Å². The topological polar surface area (TPSA) is 155 Å². The zero-order chi connectivity index (χ0) is 18.1. The van der Waals surface area contributed by atoms with E-state index in [9.17, 15) is 19.8 Å². The zero-order valence-electron chi connectivity index (χ0n) is 13.4. The van der Waals surface area contributed by atoms with Crippen molar-refractivity contribution in [3.05, 3.63) is 44.5 Å². The molecule has 0 aromatic carbocycles. The Morgan fingerprint density at radius 1 is 1.28 bits per heavy atom. The molecule has 2 aromatic heterocycles. The van der Waals surface area contributed by atoms with Gasteiger partial charge in [0.15, 0.2) is 0 Å². The van der Waals surface area contributed by atoms with Crippen molar-refractivity contribution in [3.8, 4) is 0 Å². The number of hydrogen-bond donors (Lipinski definition) is 4. The largest absolute Gasteiger partial charge is 0.394 e. The molecule has 2 aromatic rings. The van der Waals surface area contributed by atoms with Gasteiger partial charge in [0.2, 0.25) is 0 Å². The van der Waals surface area contributed by atoms with Gasteiger partial charge in [-0.25, -0.2) is 9.48 Å². The van der Waals surface area contributed by atoms with Crippen LogP contribution in [0.25, 0.3) is 0 Å². The molecule has 4 atom stereocenters. The van der Waals surface area contributed by atoms with Crippen LogP contribution in [0.3, 0.4) is 0 Å². The first-order chi connectivity index (χ1) is 11.9. The Bertz CT molecular complexity index is 858. The molecular formula is C14H19N5O6. The van der Waals surface area contributed by atoms with E-state index in [2.05, 4.69) is 15.3 Å². The van der Waals surface area contributed by atoms with Crippen LogP contribution in [0.2, 0.25) is 0 Å². The van der Waals surface area contributed by atoms with Gasteiger partial charge < -0.3 is 20.1 Å². The Morgan fingerprint density at radius 3 is 2.64 bits per heavy atom. The highest BCUT2D eigenvalue weighted by Gasteiger charge is 2.44. The van der Waals surface area contributed by atoms with E-state index >= 15 is 0 Å². The minimum atomic E-state index is -1.40. The number of nitrogens with zero attached hydrogens (tertiary/aromatic N) is 4. The Labute approximate surface area is 141 Å². The number of aliphatic hydroxyl groups excluding tert-OH is 3. The average molecular weight is 353 g/mol. The van der Waals surface area contributed by atoms with Gasteiger partial charge in [-0.2, -0.15) is 0 Å². The highest BCUT2D eigenvalue weighted by molar-refractivity contribution is 5.14. The lowest BCUT2D eigenvalue weighted by atomic mass is 10.0. The molecule has 25 heavy (non-hydrogen) atoms. The Kier molecular flexibility index (Phi) is 4.81. The standard InChI is InChI=1S/C14H19N5O6/c1-2-7-3-19(17-16-7)6-18-4-8(13(23)15-14(18)24)12-11(22)10(21)9(5-20)25-12/h3-4,9-12,20-22H,2,5-6H2,1H3,(H,15,23,24). The molecule has 0 radical (unpaired) electrons. The van der Waals surface area contributed by atoms with Crippen LogP contribution in [0.4, 0.5) is 0 Å². The predicted octanol–water partition coefficient (Wildman–Crippen LogP) is -2.65. The summed E-state index contributed by atoms with van der Waals surface area (Å²) >= 11 is 0. The van der Waals surface area contributed by atoms with Gasteiger partial charge in [-0.15, -0.1) is 5.10 Å². The fourth-order valence-corrected chi connectivity index (χ4v) is 2.72. The van der Waals surface area contributed by atoms with Crippen LogP contribution in [0.15, 0.2) is 22.0 Å². The summed E-state index contributed by atoms with van der Waals surface area (Å²) in [5.41, 5.74) is -0.669. The third-order valence-corrected chi connectivity index (χ3v) is 4.13. The fraction of sp³-hybridized carbons (Fsp3) is 0.571. The summed E-state index contributed by atoms with van der Waals surface area (Å²) in [6.45, 7) is 1.41. The van der Waals surface area contributed by atoms with Gasteiger partial charge in [0.1, 0.15) is 31.1 Å². The Morgan fingerprint density at radius 2 is 2.04 bits per heavy atom. The van der Waals surface area contributed by atoms with Crippen molar-refractivity contribution in [3.63, 3.8) is 0 Å². The molecule has 0 amide bonds. The summed E-state index contributed by atoms with van der Waals surface area (Å²) in [5, 5.41) is 36.9. The number of H-pyrrole nitrogens is 1. The zero-order valence-corrected chi connectivity index (χ0v) is 13.4. The minimum absolute atomic E-state index is 0.00438. The summed E-state index contributed by atoms with van der Waals surface area (Å²) < 4.78 is 7.96. The number of nitrogens with one attached hydrogen (secondary N) is 1. The van der Waals surface area contributed by atoms with Crippen molar-refractivity contribution in [1.82, 2.24) is 24.5 Å². The van der Waals surface area contributed by atoms with Crippen molar-refractivity contribution >= 4 is 0 Å². The molecule has 4 N–H and O–H groups in total. The monoisotopic (exact) mass is 353 g/mol. The number of aromatic amines is 1. The number of ether oxygens (including phenoxy) is 1. The molecular weight excluding hydrogens is 334 g/mol. The van der Waals surface area contributed by atoms with Gasteiger partial charge in [0.05, 0.1) is 24.1 Å². The molecule has 1 saturated heterocycles. The maximum absolute atomic E-state index is 12.1. The van der Waals surface area contributed by atoms with E-state index in [0.717, 1.165) is 5.69 Å². The maximum atomic E-state index is 12.1. The van der Waals surface area contributed by atoms with Crippen LogP contribution in [0.5, 0.6) is 0 Å². The van der Waals surface area contributed by atoms with Crippen LogP contribution in [-0.2, 0) is 17.8 Å². The molecule has 0 aliphatic carbocycles. The van der Waals surface area contributed by atoms with Crippen molar-refractivity contribution < 1.29 is 20.1 Å². The van der Waals surface area contributed by atoms with Crippen molar-refractivity contribution in [2.45, 2.75) is 44.4 Å². The molecule has 11 heteroatoms. The molecule has 4 unspecified atom stereocenters. The lowest BCUT2D eigenvalue weighted by molar-refractivity contribution is -0.0233. The molecule has 3 rings (SSSR count).